The zero-order valence-electron chi connectivity index (χ0n) is 28.6. The molecular formula is C38H52O4S4. The highest BCUT2D eigenvalue weighted by Crippen LogP contribution is 2.60. The predicted molar refractivity (Wildman–Crippen MR) is 207 cm³/mol. The molecule has 0 aromatic heterocycles. The van der Waals surface area contributed by atoms with Gasteiger partial charge in [0.05, 0.1) is 34.9 Å². The lowest BCUT2D eigenvalue weighted by Crippen LogP contribution is -2.04. The summed E-state index contributed by atoms with van der Waals surface area (Å²) in [6, 6.07) is 8.86. The van der Waals surface area contributed by atoms with Crippen molar-refractivity contribution in [3.8, 4) is 23.0 Å². The van der Waals surface area contributed by atoms with Gasteiger partial charge in [0.1, 0.15) is 23.0 Å². The van der Waals surface area contributed by atoms with Gasteiger partial charge < -0.3 is 18.9 Å². The summed E-state index contributed by atoms with van der Waals surface area (Å²) >= 11 is 7.31. The first-order chi connectivity index (χ1) is 22.6. The second kappa shape index (κ2) is 19.9. The fraction of sp³-hybridized carbons (Fsp3) is 0.526. The zero-order chi connectivity index (χ0) is 32.7. The zero-order valence-corrected chi connectivity index (χ0v) is 31.9. The normalized spacial score (nSPS) is 16.0. The Hall–Kier alpha value is -1.74. The van der Waals surface area contributed by atoms with Crippen molar-refractivity contribution in [1.29, 1.82) is 0 Å². The van der Waals surface area contributed by atoms with E-state index in [4.69, 9.17) is 18.9 Å². The van der Waals surface area contributed by atoms with Crippen LogP contribution < -0.4 is 18.9 Å². The summed E-state index contributed by atoms with van der Waals surface area (Å²) in [5, 5.41) is 4.56. The molecule has 0 atom stereocenters. The van der Waals surface area contributed by atoms with E-state index in [1.807, 2.05) is 47.0 Å². The van der Waals surface area contributed by atoms with Crippen molar-refractivity contribution >= 4 is 56.9 Å². The first-order valence-corrected chi connectivity index (χ1v) is 20.6. The summed E-state index contributed by atoms with van der Waals surface area (Å²) in [5.41, 5.74) is 4.68. The van der Waals surface area contributed by atoms with Crippen LogP contribution in [0.4, 0.5) is 0 Å². The summed E-state index contributed by atoms with van der Waals surface area (Å²) in [6.07, 6.45) is 10.5. The third-order valence-electron chi connectivity index (χ3n) is 7.76. The van der Waals surface area contributed by atoms with E-state index >= 15 is 0 Å². The van der Waals surface area contributed by atoms with Crippen LogP contribution in [0.3, 0.4) is 0 Å². The Morgan fingerprint density at radius 2 is 0.804 bits per heavy atom. The number of hydrogen-bond donors (Lipinski definition) is 0. The second-order valence-corrected chi connectivity index (χ2v) is 15.8. The fourth-order valence-corrected chi connectivity index (χ4v) is 9.82. The maximum absolute atomic E-state index is 6.39. The minimum atomic E-state index is 0.727. The van der Waals surface area contributed by atoms with Crippen LogP contribution >= 0.6 is 47.0 Å². The number of ether oxygens (including phenoxy) is 4. The van der Waals surface area contributed by atoms with Crippen molar-refractivity contribution in [3.05, 3.63) is 65.8 Å². The third kappa shape index (κ3) is 10.1. The van der Waals surface area contributed by atoms with Gasteiger partial charge in [0.15, 0.2) is 0 Å². The molecule has 0 unspecified atom stereocenters. The van der Waals surface area contributed by atoms with E-state index in [0.717, 1.165) is 125 Å². The average molecular weight is 701 g/mol. The van der Waals surface area contributed by atoms with Crippen LogP contribution in [-0.2, 0) is 12.8 Å². The van der Waals surface area contributed by atoms with Crippen molar-refractivity contribution in [3.63, 3.8) is 0 Å². The molecule has 252 valence electrons. The first-order valence-electron chi connectivity index (χ1n) is 17.3. The van der Waals surface area contributed by atoms with Gasteiger partial charge in [-0.25, -0.2) is 0 Å². The van der Waals surface area contributed by atoms with E-state index in [2.05, 4.69) is 76.6 Å². The van der Waals surface area contributed by atoms with Crippen LogP contribution in [0.15, 0.2) is 43.6 Å². The molecular weight excluding hydrogens is 649 g/mol. The Kier molecular flexibility index (Phi) is 16.1. The molecule has 8 heteroatoms. The standard InChI is InChI=1S/C38H52O4S4/c1-7-13-17-39-31-23-29(33(21-27(31)11-5)41-19-15-9-3)35-25-43-37(45-35)38-44-26-36(46-38)30-24-32(40-18-14-8-2)28(12-6)22-34(30)42-20-16-10-4/h21-26H,7-20H2,1-6H3/b38-37+. The molecule has 0 N–H and O–H groups in total. The van der Waals surface area contributed by atoms with E-state index in [-0.39, 0.29) is 0 Å². The summed E-state index contributed by atoms with van der Waals surface area (Å²) in [7, 11) is 0. The molecule has 4 nitrogen and oxygen atoms in total. The summed E-state index contributed by atoms with van der Waals surface area (Å²) in [6.45, 7) is 16.1. The molecule has 0 radical (unpaired) electrons. The quantitative estimate of drug-likeness (QED) is 0.126. The van der Waals surface area contributed by atoms with Crippen LogP contribution in [0, 0.1) is 0 Å². The maximum Gasteiger partial charge on any atom is 0.128 e. The molecule has 0 saturated heterocycles. The highest BCUT2D eigenvalue weighted by molar-refractivity contribution is 8.36. The first kappa shape index (κ1) is 37.1. The number of hydrogen-bond acceptors (Lipinski definition) is 8. The fourth-order valence-electron chi connectivity index (χ4n) is 4.88. The molecule has 0 aliphatic carbocycles. The molecule has 4 rings (SSSR count). The number of thioether (sulfide) groups is 4. The van der Waals surface area contributed by atoms with E-state index < -0.39 is 0 Å². The highest BCUT2D eigenvalue weighted by Gasteiger charge is 2.27. The van der Waals surface area contributed by atoms with Gasteiger partial charge in [-0.3, -0.25) is 0 Å². The molecule has 0 spiro atoms. The largest absolute Gasteiger partial charge is 0.493 e. The Morgan fingerprint density at radius 1 is 0.457 bits per heavy atom. The van der Waals surface area contributed by atoms with Crippen LogP contribution in [-0.4, -0.2) is 26.4 Å². The van der Waals surface area contributed by atoms with Gasteiger partial charge in [0, 0.05) is 20.9 Å². The van der Waals surface area contributed by atoms with Gasteiger partial charge in [-0.05, 0) is 84.7 Å². The van der Waals surface area contributed by atoms with Gasteiger partial charge in [-0.2, -0.15) is 0 Å². The highest BCUT2D eigenvalue weighted by atomic mass is 32.2. The Balaban J connectivity index is 1.58. The molecule has 0 bridgehead atoms. The number of aryl methyl sites for hydroxylation is 2. The van der Waals surface area contributed by atoms with E-state index in [0.29, 0.717) is 0 Å². The SMILES string of the molecule is CCCCOc1cc(C2=CS/C(=C3/SC=C(c4cc(OCCCC)c(CC)cc4OCCCC)S3)S2)c(OCCCC)cc1CC. The molecule has 2 aliphatic heterocycles. The molecule has 2 aromatic carbocycles. The van der Waals surface area contributed by atoms with Crippen molar-refractivity contribution in [2.45, 2.75) is 106 Å². The minimum Gasteiger partial charge on any atom is -0.493 e. The summed E-state index contributed by atoms with van der Waals surface area (Å²) in [5.74, 6) is 3.89. The lowest BCUT2D eigenvalue weighted by atomic mass is 10.1. The molecule has 2 heterocycles. The molecule has 0 saturated carbocycles. The van der Waals surface area contributed by atoms with Gasteiger partial charge in [-0.15, -0.1) is 0 Å². The second-order valence-electron chi connectivity index (χ2n) is 11.4. The molecule has 46 heavy (non-hydrogen) atoms. The van der Waals surface area contributed by atoms with Crippen molar-refractivity contribution < 1.29 is 18.9 Å². The van der Waals surface area contributed by atoms with Crippen LogP contribution in [0.25, 0.3) is 9.81 Å². The third-order valence-corrected chi connectivity index (χ3v) is 13.1. The lowest BCUT2D eigenvalue weighted by Gasteiger charge is -2.18. The van der Waals surface area contributed by atoms with Crippen LogP contribution in [0.1, 0.15) is 115 Å². The van der Waals surface area contributed by atoms with Crippen molar-refractivity contribution in [2.75, 3.05) is 26.4 Å². The Bertz CT molecular complexity index is 1280. The topological polar surface area (TPSA) is 36.9 Å². The number of unbranched alkanes of at least 4 members (excludes halogenated alkanes) is 4. The van der Waals surface area contributed by atoms with E-state index in [9.17, 15) is 0 Å². The lowest BCUT2D eigenvalue weighted by molar-refractivity contribution is 0.298. The summed E-state index contributed by atoms with van der Waals surface area (Å²) in [4.78, 5) is 2.44. The monoisotopic (exact) mass is 700 g/mol. The summed E-state index contributed by atoms with van der Waals surface area (Å²) < 4.78 is 28.0. The number of benzene rings is 2. The minimum absolute atomic E-state index is 0.727. The van der Waals surface area contributed by atoms with Gasteiger partial charge in [-0.1, -0.05) is 114 Å². The maximum atomic E-state index is 6.39. The van der Waals surface area contributed by atoms with Gasteiger partial charge in [0.25, 0.3) is 0 Å². The number of rotatable bonds is 20. The molecule has 2 aliphatic rings. The molecule has 0 fully saturated rings. The van der Waals surface area contributed by atoms with Gasteiger partial charge in [0.2, 0.25) is 0 Å². The van der Waals surface area contributed by atoms with Crippen LogP contribution in [0.5, 0.6) is 23.0 Å². The molecule has 0 amide bonds. The van der Waals surface area contributed by atoms with Crippen molar-refractivity contribution in [1.82, 2.24) is 0 Å². The van der Waals surface area contributed by atoms with Gasteiger partial charge >= 0.3 is 0 Å². The molecule has 2 aromatic rings. The van der Waals surface area contributed by atoms with E-state index in [1.165, 1.54) is 29.4 Å². The smallest absolute Gasteiger partial charge is 0.128 e. The van der Waals surface area contributed by atoms with E-state index in [1.54, 1.807) is 0 Å². The predicted octanol–water partition coefficient (Wildman–Crippen LogP) is 12.9. The van der Waals surface area contributed by atoms with Crippen LogP contribution in [0.2, 0.25) is 0 Å². The average Bonchev–Trinajstić information content (AvgIpc) is 3.76. The Labute approximate surface area is 295 Å². The Morgan fingerprint density at radius 3 is 1.13 bits per heavy atom. The van der Waals surface area contributed by atoms with Crippen molar-refractivity contribution in [2.24, 2.45) is 0 Å².